The standard InChI is InChI=1S/C24H19IN2O5S/c1-31-19-11-14(10-17(25)22(19)32-2)12-20-23(29)27(24(30)33-20)13-21(28)26-18-9-5-7-15-6-3-4-8-16(15)18/h3-12H,13H2,1-2H3,(H,26,28)/b20-12+. The number of halogens is 1. The SMILES string of the molecule is COc1cc(/C=C2/SC(=O)N(CC(=O)Nc3cccc4ccccc34)C2=O)cc(I)c1OC. The monoisotopic (exact) mass is 574 g/mol. The third-order valence-corrected chi connectivity index (χ3v) is 6.70. The Balaban J connectivity index is 1.51. The first-order valence-corrected chi connectivity index (χ1v) is 11.8. The molecule has 1 aliphatic heterocycles. The van der Waals surface area contributed by atoms with Crippen LogP contribution in [0.1, 0.15) is 5.56 Å². The van der Waals surface area contributed by atoms with Crippen LogP contribution in [0.15, 0.2) is 59.5 Å². The fraction of sp³-hybridized carbons (Fsp3) is 0.125. The summed E-state index contributed by atoms with van der Waals surface area (Å²) in [6, 6.07) is 16.8. The summed E-state index contributed by atoms with van der Waals surface area (Å²) in [5.41, 5.74) is 1.31. The van der Waals surface area contributed by atoms with Gasteiger partial charge in [-0.15, -0.1) is 0 Å². The van der Waals surface area contributed by atoms with Gasteiger partial charge in [-0.05, 0) is 69.6 Å². The van der Waals surface area contributed by atoms with E-state index in [1.54, 1.807) is 25.3 Å². The lowest BCUT2D eigenvalue weighted by Crippen LogP contribution is -2.36. The number of nitrogens with one attached hydrogen (secondary N) is 1. The van der Waals surface area contributed by atoms with Crippen molar-refractivity contribution in [3.05, 3.63) is 68.6 Å². The van der Waals surface area contributed by atoms with Crippen molar-refractivity contribution >= 4 is 73.9 Å². The Morgan fingerprint density at radius 2 is 1.85 bits per heavy atom. The summed E-state index contributed by atoms with van der Waals surface area (Å²) in [5.74, 6) is 0.149. The number of thioether (sulfide) groups is 1. The number of benzene rings is 3. The van der Waals surface area contributed by atoms with Crippen molar-refractivity contribution in [3.63, 3.8) is 0 Å². The highest BCUT2D eigenvalue weighted by Gasteiger charge is 2.36. The molecule has 0 bridgehead atoms. The van der Waals surface area contributed by atoms with Crippen molar-refractivity contribution in [2.75, 3.05) is 26.1 Å². The lowest BCUT2D eigenvalue weighted by Gasteiger charge is -2.13. The van der Waals surface area contributed by atoms with Crippen LogP contribution in [0.4, 0.5) is 10.5 Å². The van der Waals surface area contributed by atoms with E-state index in [0.29, 0.717) is 22.7 Å². The van der Waals surface area contributed by atoms with Gasteiger partial charge in [0.25, 0.3) is 11.1 Å². The van der Waals surface area contributed by atoms with E-state index in [-0.39, 0.29) is 11.4 Å². The molecule has 0 aliphatic carbocycles. The van der Waals surface area contributed by atoms with Crippen LogP contribution >= 0.6 is 34.4 Å². The maximum absolute atomic E-state index is 12.9. The van der Waals surface area contributed by atoms with Gasteiger partial charge in [-0.25, -0.2) is 0 Å². The number of hydrogen-bond acceptors (Lipinski definition) is 6. The summed E-state index contributed by atoms with van der Waals surface area (Å²) >= 11 is 2.91. The van der Waals surface area contributed by atoms with Gasteiger partial charge in [0, 0.05) is 11.1 Å². The zero-order chi connectivity index (χ0) is 23.5. The summed E-state index contributed by atoms with van der Waals surface area (Å²) in [6.45, 7) is -0.366. The molecule has 0 spiro atoms. The average Bonchev–Trinajstić information content (AvgIpc) is 3.06. The second kappa shape index (κ2) is 9.84. The van der Waals surface area contributed by atoms with E-state index in [2.05, 4.69) is 27.9 Å². The minimum absolute atomic E-state index is 0.237. The van der Waals surface area contributed by atoms with Crippen LogP contribution in [0.2, 0.25) is 0 Å². The molecule has 33 heavy (non-hydrogen) atoms. The molecule has 0 radical (unpaired) electrons. The predicted octanol–water partition coefficient (Wildman–Crippen LogP) is 5.14. The Bertz CT molecular complexity index is 1300. The van der Waals surface area contributed by atoms with E-state index in [1.807, 2.05) is 42.5 Å². The number of carbonyl (C=O) groups excluding carboxylic acids is 3. The Morgan fingerprint density at radius 3 is 2.61 bits per heavy atom. The van der Waals surface area contributed by atoms with E-state index < -0.39 is 17.1 Å². The fourth-order valence-corrected chi connectivity index (χ4v) is 5.16. The molecule has 1 heterocycles. The lowest BCUT2D eigenvalue weighted by molar-refractivity contribution is -0.127. The molecule has 168 valence electrons. The molecule has 1 saturated heterocycles. The first-order chi connectivity index (χ1) is 15.9. The van der Waals surface area contributed by atoms with E-state index in [1.165, 1.54) is 7.11 Å². The Hall–Kier alpha value is -3.05. The molecular formula is C24H19IN2O5S. The molecule has 0 unspecified atom stereocenters. The predicted molar refractivity (Wildman–Crippen MR) is 138 cm³/mol. The number of imide groups is 1. The maximum Gasteiger partial charge on any atom is 0.294 e. The van der Waals surface area contributed by atoms with Crippen molar-refractivity contribution < 1.29 is 23.9 Å². The number of hydrogen-bond donors (Lipinski definition) is 1. The van der Waals surface area contributed by atoms with Crippen LogP contribution in [0.3, 0.4) is 0 Å². The van der Waals surface area contributed by atoms with Crippen molar-refractivity contribution in [1.29, 1.82) is 0 Å². The van der Waals surface area contributed by atoms with Gasteiger partial charge < -0.3 is 14.8 Å². The molecule has 0 aromatic heterocycles. The molecule has 3 aromatic carbocycles. The number of methoxy groups -OCH3 is 2. The van der Waals surface area contributed by atoms with Crippen LogP contribution in [0.5, 0.6) is 11.5 Å². The zero-order valence-electron chi connectivity index (χ0n) is 17.8. The third-order valence-electron chi connectivity index (χ3n) is 4.99. The van der Waals surface area contributed by atoms with Crippen molar-refractivity contribution in [1.82, 2.24) is 4.90 Å². The summed E-state index contributed by atoms with van der Waals surface area (Å²) in [7, 11) is 3.08. The summed E-state index contributed by atoms with van der Waals surface area (Å²) < 4.78 is 11.5. The Morgan fingerprint density at radius 1 is 1.09 bits per heavy atom. The van der Waals surface area contributed by atoms with Crippen LogP contribution in [0, 0.1) is 3.57 Å². The molecule has 9 heteroatoms. The molecular weight excluding hydrogens is 555 g/mol. The molecule has 1 N–H and O–H groups in total. The smallest absolute Gasteiger partial charge is 0.294 e. The number of rotatable bonds is 6. The molecule has 4 rings (SSSR count). The lowest BCUT2D eigenvalue weighted by atomic mass is 10.1. The molecule has 7 nitrogen and oxygen atoms in total. The molecule has 1 fully saturated rings. The highest BCUT2D eigenvalue weighted by atomic mass is 127. The van der Waals surface area contributed by atoms with Crippen molar-refractivity contribution in [3.8, 4) is 11.5 Å². The number of fused-ring (bicyclic) bond motifs is 1. The van der Waals surface area contributed by atoms with E-state index in [9.17, 15) is 14.4 Å². The van der Waals surface area contributed by atoms with Gasteiger partial charge in [-0.3, -0.25) is 19.3 Å². The summed E-state index contributed by atoms with van der Waals surface area (Å²) in [6.07, 6.45) is 1.61. The largest absolute Gasteiger partial charge is 0.493 e. The molecule has 0 atom stereocenters. The quantitative estimate of drug-likeness (QED) is 0.325. The number of ether oxygens (including phenoxy) is 2. The summed E-state index contributed by atoms with van der Waals surface area (Å²) in [4.78, 5) is 39.2. The second-order valence-corrected chi connectivity index (χ2v) is 9.24. The van der Waals surface area contributed by atoms with E-state index >= 15 is 0 Å². The fourth-order valence-electron chi connectivity index (χ4n) is 3.48. The van der Waals surface area contributed by atoms with Crippen molar-refractivity contribution in [2.45, 2.75) is 0 Å². The number of amides is 3. The Labute approximate surface area is 208 Å². The van der Waals surface area contributed by atoms with Gasteiger partial charge in [0.05, 0.1) is 22.7 Å². The first kappa shape index (κ1) is 23.1. The highest BCUT2D eigenvalue weighted by Crippen LogP contribution is 2.37. The third kappa shape index (κ3) is 4.83. The zero-order valence-corrected chi connectivity index (χ0v) is 20.7. The van der Waals surface area contributed by atoms with E-state index in [4.69, 9.17) is 9.47 Å². The molecule has 0 saturated carbocycles. The van der Waals surface area contributed by atoms with Crippen molar-refractivity contribution in [2.24, 2.45) is 0 Å². The molecule has 3 amide bonds. The topological polar surface area (TPSA) is 84.9 Å². The van der Waals surface area contributed by atoms with E-state index in [0.717, 1.165) is 31.0 Å². The number of anilines is 1. The first-order valence-electron chi connectivity index (χ1n) is 9.85. The molecule has 3 aromatic rings. The van der Waals surface area contributed by atoms with Crippen LogP contribution in [-0.2, 0) is 9.59 Å². The summed E-state index contributed by atoms with van der Waals surface area (Å²) in [5, 5.41) is 4.18. The molecule has 1 aliphatic rings. The minimum atomic E-state index is -0.511. The van der Waals surface area contributed by atoms with Crippen LogP contribution < -0.4 is 14.8 Å². The minimum Gasteiger partial charge on any atom is -0.493 e. The van der Waals surface area contributed by atoms with Crippen LogP contribution in [-0.4, -0.2) is 42.7 Å². The van der Waals surface area contributed by atoms with Gasteiger partial charge in [-0.1, -0.05) is 36.4 Å². The number of nitrogens with zero attached hydrogens (tertiary/aromatic N) is 1. The maximum atomic E-state index is 12.9. The number of carbonyl (C=O) groups is 3. The Kier molecular flexibility index (Phi) is 6.89. The van der Waals surface area contributed by atoms with Gasteiger partial charge in [-0.2, -0.15) is 0 Å². The van der Waals surface area contributed by atoms with Gasteiger partial charge in [0.1, 0.15) is 6.54 Å². The normalized spacial score (nSPS) is 14.8. The average molecular weight is 574 g/mol. The second-order valence-electron chi connectivity index (χ2n) is 7.08. The van der Waals surface area contributed by atoms with Crippen LogP contribution in [0.25, 0.3) is 16.8 Å². The van der Waals surface area contributed by atoms with Gasteiger partial charge >= 0.3 is 0 Å². The highest BCUT2D eigenvalue weighted by molar-refractivity contribution is 14.1. The van der Waals surface area contributed by atoms with Gasteiger partial charge in [0.15, 0.2) is 11.5 Å². The van der Waals surface area contributed by atoms with Gasteiger partial charge in [0.2, 0.25) is 5.91 Å².